The number of para-hydroxylation sites is 1. The first-order valence-electron chi connectivity index (χ1n) is 8.03. The minimum atomic E-state index is -0.501. The average molecular weight is 341 g/mol. The number of nitro benzene ring substituents is 1. The quantitative estimate of drug-likeness (QED) is 0.667. The van der Waals surface area contributed by atoms with Crippen LogP contribution in [0.25, 0.3) is 0 Å². The highest BCUT2D eigenvalue weighted by molar-refractivity contribution is 5.95. The molecule has 2 aromatic carbocycles. The smallest absolute Gasteiger partial charge is 0.273 e. The standard InChI is InChI=1S/C18H19N3O4/c1-25-17-11-14(21(23)24)8-9-15(17)19-18(22)12-20-10-4-6-13-5-2-3-7-16(13)20/h2-3,5,7-9,11H,4,6,10,12H2,1H3,(H,19,22). The Labute approximate surface area is 145 Å². The van der Waals surface area contributed by atoms with Crippen molar-refractivity contribution in [3.05, 3.63) is 58.1 Å². The number of nitro groups is 1. The molecule has 0 radical (unpaired) electrons. The summed E-state index contributed by atoms with van der Waals surface area (Å²) in [5, 5.41) is 13.6. The van der Waals surface area contributed by atoms with E-state index in [-0.39, 0.29) is 23.9 Å². The van der Waals surface area contributed by atoms with E-state index >= 15 is 0 Å². The van der Waals surface area contributed by atoms with Gasteiger partial charge in [0.1, 0.15) is 5.75 Å². The Balaban J connectivity index is 1.72. The lowest BCUT2D eigenvalue weighted by molar-refractivity contribution is -0.384. The maximum absolute atomic E-state index is 12.4. The second-order valence-corrected chi connectivity index (χ2v) is 5.84. The number of non-ortho nitro benzene ring substituents is 1. The van der Waals surface area contributed by atoms with E-state index in [2.05, 4.69) is 11.4 Å². The number of nitrogens with zero attached hydrogens (tertiary/aromatic N) is 2. The highest BCUT2D eigenvalue weighted by Crippen LogP contribution is 2.30. The van der Waals surface area contributed by atoms with Gasteiger partial charge in [-0.2, -0.15) is 0 Å². The van der Waals surface area contributed by atoms with Crippen LogP contribution < -0.4 is 15.0 Å². The maximum atomic E-state index is 12.4. The molecule has 1 heterocycles. The molecule has 2 aromatic rings. The fourth-order valence-corrected chi connectivity index (χ4v) is 3.04. The van der Waals surface area contributed by atoms with Crippen molar-refractivity contribution in [1.82, 2.24) is 0 Å². The van der Waals surface area contributed by atoms with Crippen LogP contribution in [0.3, 0.4) is 0 Å². The van der Waals surface area contributed by atoms with Crippen molar-refractivity contribution < 1.29 is 14.5 Å². The molecule has 0 bridgehead atoms. The zero-order chi connectivity index (χ0) is 17.8. The summed E-state index contributed by atoms with van der Waals surface area (Å²) >= 11 is 0. The number of ether oxygens (including phenoxy) is 1. The van der Waals surface area contributed by atoms with Crippen molar-refractivity contribution >= 4 is 23.0 Å². The van der Waals surface area contributed by atoms with Gasteiger partial charge >= 0.3 is 0 Å². The number of rotatable bonds is 5. The second kappa shape index (κ2) is 7.21. The summed E-state index contributed by atoms with van der Waals surface area (Å²) in [7, 11) is 1.41. The van der Waals surface area contributed by atoms with Gasteiger partial charge < -0.3 is 15.0 Å². The van der Waals surface area contributed by atoms with Gasteiger partial charge in [-0.3, -0.25) is 14.9 Å². The molecular formula is C18H19N3O4. The van der Waals surface area contributed by atoms with E-state index < -0.39 is 4.92 Å². The first kappa shape index (κ1) is 16.8. The van der Waals surface area contributed by atoms with E-state index in [4.69, 9.17) is 4.74 Å². The fourth-order valence-electron chi connectivity index (χ4n) is 3.04. The molecule has 3 rings (SSSR count). The van der Waals surface area contributed by atoms with Crippen LogP contribution in [-0.2, 0) is 11.2 Å². The lowest BCUT2D eigenvalue weighted by Gasteiger charge is -2.30. The van der Waals surface area contributed by atoms with Gasteiger partial charge in [-0.1, -0.05) is 18.2 Å². The minimum Gasteiger partial charge on any atom is -0.494 e. The number of hydrogen-bond donors (Lipinski definition) is 1. The van der Waals surface area contributed by atoms with Crippen molar-refractivity contribution in [3.63, 3.8) is 0 Å². The van der Waals surface area contributed by atoms with Gasteiger partial charge in [0.05, 0.1) is 30.3 Å². The Kier molecular flexibility index (Phi) is 4.83. The number of benzene rings is 2. The Bertz CT molecular complexity index is 807. The van der Waals surface area contributed by atoms with Gasteiger partial charge in [0.2, 0.25) is 5.91 Å². The topological polar surface area (TPSA) is 84.7 Å². The molecule has 0 saturated heterocycles. The molecule has 7 heteroatoms. The summed E-state index contributed by atoms with van der Waals surface area (Å²) in [5.74, 6) is 0.0745. The van der Waals surface area contributed by atoms with E-state index in [9.17, 15) is 14.9 Å². The van der Waals surface area contributed by atoms with E-state index in [0.717, 1.165) is 25.1 Å². The van der Waals surface area contributed by atoms with Crippen molar-refractivity contribution in [3.8, 4) is 5.75 Å². The molecule has 1 N–H and O–H groups in total. The summed E-state index contributed by atoms with van der Waals surface area (Å²) in [6.45, 7) is 1.04. The fraction of sp³-hybridized carbons (Fsp3) is 0.278. The number of methoxy groups -OCH3 is 1. The largest absolute Gasteiger partial charge is 0.494 e. The molecule has 0 unspecified atom stereocenters. The average Bonchev–Trinajstić information content (AvgIpc) is 2.62. The third-order valence-corrected chi connectivity index (χ3v) is 4.21. The molecule has 0 aliphatic carbocycles. The van der Waals surface area contributed by atoms with Crippen molar-refractivity contribution in [2.24, 2.45) is 0 Å². The highest BCUT2D eigenvalue weighted by atomic mass is 16.6. The van der Waals surface area contributed by atoms with Crippen LogP contribution >= 0.6 is 0 Å². The van der Waals surface area contributed by atoms with Gasteiger partial charge in [-0.05, 0) is 30.5 Å². The molecule has 130 valence electrons. The predicted molar refractivity (Wildman–Crippen MR) is 95.3 cm³/mol. The molecular weight excluding hydrogens is 322 g/mol. The molecule has 0 saturated carbocycles. The lowest BCUT2D eigenvalue weighted by atomic mass is 10.0. The first-order chi connectivity index (χ1) is 12.1. The van der Waals surface area contributed by atoms with Gasteiger partial charge in [0, 0.05) is 18.3 Å². The van der Waals surface area contributed by atoms with E-state index in [1.807, 2.05) is 23.1 Å². The van der Waals surface area contributed by atoms with E-state index in [1.165, 1.54) is 30.9 Å². The maximum Gasteiger partial charge on any atom is 0.273 e. The van der Waals surface area contributed by atoms with E-state index in [1.54, 1.807) is 0 Å². The molecule has 0 aromatic heterocycles. The number of carbonyl (C=O) groups excluding carboxylic acids is 1. The van der Waals surface area contributed by atoms with Crippen LogP contribution in [0.1, 0.15) is 12.0 Å². The molecule has 0 spiro atoms. The Hall–Kier alpha value is -3.09. The monoisotopic (exact) mass is 341 g/mol. The molecule has 0 atom stereocenters. The number of fused-ring (bicyclic) bond motifs is 1. The lowest BCUT2D eigenvalue weighted by Crippen LogP contribution is -2.36. The third kappa shape index (κ3) is 3.71. The number of amides is 1. The number of nitrogens with one attached hydrogen (secondary N) is 1. The summed E-state index contributed by atoms with van der Waals surface area (Å²) in [4.78, 5) is 24.8. The number of hydrogen-bond acceptors (Lipinski definition) is 5. The van der Waals surface area contributed by atoms with Crippen molar-refractivity contribution in [2.75, 3.05) is 30.4 Å². The Morgan fingerprint density at radius 3 is 2.88 bits per heavy atom. The van der Waals surface area contributed by atoms with Gasteiger partial charge in [-0.25, -0.2) is 0 Å². The zero-order valence-electron chi connectivity index (χ0n) is 13.9. The Morgan fingerprint density at radius 2 is 2.12 bits per heavy atom. The predicted octanol–water partition coefficient (Wildman–Crippen LogP) is 2.99. The first-order valence-corrected chi connectivity index (χ1v) is 8.03. The summed E-state index contributed by atoms with van der Waals surface area (Å²) in [6, 6.07) is 12.2. The van der Waals surface area contributed by atoms with Crippen LogP contribution in [0.2, 0.25) is 0 Å². The normalized spacial score (nSPS) is 13.1. The van der Waals surface area contributed by atoms with E-state index in [0.29, 0.717) is 5.69 Å². The molecule has 7 nitrogen and oxygen atoms in total. The molecule has 0 fully saturated rings. The number of anilines is 2. The van der Waals surface area contributed by atoms with Gasteiger partial charge in [0.15, 0.2) is 0 Å². The third-order valence-electron chi connectivity index (χ3n) is 4.21. The summed E-state index contributed by atoms with van der Waals surface area (Å²) in [6.07, 6.45) is 2.02. The Morgan fingerprint density at radius 1 is 1.32 bits per heavy atom. The van der Waals surface area contributed by atoms with Crippen LogP contribution in [0, 0.1) is 10.1 Å². The molecule has 25 heavy (non-hydrogen) atoms. The van der Waals surface area contributed by atoms with Gasteiger partial charge in [0.25, 0.3) is 5.69 Å². The summed E-state index contributed by atoms with van der Waals surface area (Å²) in [5.41, 5.74) is 2.66. The van der Waals surface area contributed by atoms with Crippen molar-refractivity contribution in [2.45, 2.75) is 12.8 Å². The minimum absolute atomic E-state index is 0.0835. The van der Waals surface area contributed by atoms with Gasteiger partial charge in [-0.15, -0.1) is 0 Å². The number of carbonyl (C=O) groups is 1. The molecule has 1 aliphatic heterocycles. The SMILES string of the molecule is COc1cc([N+](=O)[O-])ccc1NC(=O)CN1CCCc2ccccc21. The van der Waals surface area contributed by atoms with Crippen LogP contribution in [0.4, 0.5) is 17.1 Å². The molecule has 1 aliphatic rings. The van der Waals surface area contributed by atoms with Crippen molar-refractivity contribution in [1.29, 1.82) is 0 Å². The zero-order valence-corrected chi connectivity index (χ0v) is 13.9. The summed E-state index contributed by atoms with van der Waals surface area (Å²) < 4.78 is 5.15. The van der Waals surface area contributed by atoms with Crippen LogP contribution in [0.15, 0.2) is 42.5 Å². The van der Waals surface area contributed by atoms with Crippen LogP contribution in [0.5, 0.6) is 5.75 Å². The second-order valence-electron chi connectivity index (χ2n) is 5.84. The van der Waals surface area contributed by atoms with Crippen LogP contribution in [-0.4, -0.2) is 31.0 Å². The highest BCUT2D eigenvalue weighted by Gasteiger charge is 2.20. The molecule has 1 amide bonds. The number of aryl methyl sites for hydroxylation is 1.